The van der Waals surface area contributed by atoms with Crippen LogP contribution in [0.1, 0.15) is 11.1 Å². The van der Waals surface area contributed by atoms with Crippen LogP contribution in [0.5, 0.6) is 0 Å². The van der Waals surface area contributed by atoms with Crippen LogP contribution in [0, 0.1) is 13.8 Å². The van der Waals surface area contributed by atoms with Crippen LogP contribution in [0.25, 0.3) is 0 Å². The predicted octanol–water partition coefficient (Wildman–Crippen LogP) is 2.63. The van der Waals surface area contributed by atoms with Crippen molar-refractivity contribution in [2.75, 3.05) is 16.8 Å². The molecule has 0 saturated carbocycles. The summed E-state index contributed by atoms with van der Waals surface area (Å²) in [5, 5.41) is 2.75. The van der Waals surface area contributed by atoms with Crippen LogP contribution in [0.2, 0.25) is 0 Å². The molecule has 2 aromatic carbocycles. The Bertz CT molecular complexity index is 681. The monoisotopic (exact) mass is 302 g/mol. The number of nitrogen functional groups attached to an aromatic ring is 1. The second kappa shape index (κ2) is 6.54. The molecule has 0 bridgehead atoms. The molecule has 0 aliphatic carbocycles. The van der Waals surface area contributed by atoms with E-state index in [2.05, 4.69) is 5.32 Å². The molecule has 1 atom stereocenters. The summed E-state index contributed by atoms with van der Waals surface area (Å²) in [6.45, 7) is 3.80. The van der Waals surface area contributed by atoms with Gasteiger partial charge in [-0.2, -0.15) is 0 Å². The Hall–Kier alpha value is -2.14. The second-order valence-electron chi connectivity index (χ2n) is 4.87. The van der Waals surface area contributed by atoms with Gasteiger partial charge in [-0.3, -0.25) is 9.00 Å². The lowest BCUT2D eigenvalue weighted by atomic mass is 10.1. The van der Waals surface area contributed by atoms with E-state index < -0.39 is 10.8 Å². The number of nitrogens with two attached hydrogens (primary N) is 1. The van der Waals surface area contributed by atoms with Crippen molar-refractivity contribution in [2.24, 2.45) is 0 Å². The van der Waals surface area contributed by atoms with Crippen LogP contribution >= 0.6 is 0 Å². The van der Waals surface area contributed by atoms with Crippen LogP contribution in [-0.2, 0) is 15.6 Å². The smallest absolute Gasteiger partial charge is 0.237 e. The highest BCUT2D eigenvalue weighted by Crippen LogP contribution is 2.20. The summed E-state index contributed by atoms with van der Waals surface area (Å²) in [6.07, 6.45) is 0. The molecule has 0 spiro atoms. The summed E-state index contributed by atoms with van der Waals surface area (Å²) in [6, 6.07) is 12.7. The van der Waals surface area contributed by atoms with E-state index in [0.717, 1.165) is 11.1 Å². The predicted molar refractivity (Wildman–Crippen MR) is 86.7 cm³/mol. The number of rotatable bonds is 4. The first-order valence-corrected chi connectivity index (χ1v) is 7.89. The molecule has 21 heavy (non-hydrogen) atoms. The van der Waals surface area contributed by atoms with Gasteiger partial charge in [-0.05, 0) is 43.7 Å². The molecular formula is C16H18N2O2S. The van der Waals surface area contributed by atoms with E-state index in [1.807, 2.05) is 26.0 Å². The topological polar surface area (TPSA) is 72.2 Å². The van der Waals surface area contributed by atoms with Crippen LogP contribution in [-0.4, -0.2) is 15.9 Å². The molecule has 4 nitrogen and oxygen atoms in total. The molecule has 0 fully saturated rings. The molecule has 2 rings (SSSR count). The van der Waals surface area contributed by atoms with Crippen LogP contribution in [0.3, 0.4) is 0 Å². The molecule has 0 saturated heterocycles. The molecule has 5 heteroatoms. The van der Waals surface area contributed by atoms with Gasteiger partial charge in [-0.25, -0.2) is 0 Å². The van der Waals surface area contributed by atoms with E-state index >= 15 is 0 Å². The van der Waals surface area contributed by atoms with Crippen LogP contribution < -0.4 is 11.1 Å². The van der Waals surface area contributed by atoms with Crippen molar-refractivity contribution in [3.8, 4) is 0 Å². The fraction of sp³-hybridized carbons (Fsp3) is 0.188. The van der Waals surface area contributed by atoms with Gasteiger partial charge in [-0.1, -0.05) is 23.8 Å². The third-order valence-electron chi connectivity index (χ3n) is 3.20. The summed E-state index contributed by atoms with van der Waals surface area (Å²) in [4.78, 5) is 12.6. The molecule has 1 amide bonds. The van der Waals surface area contributed by atoms with Crippen molar-refractivity contribution >= 4 is 28.1 Å². The lowest BCUT2D eigenvalue weighted by Gasteiger charge is -2.10. The molecular weight excluding hydrogens is 284 g/mol. The molecule has 3 N–H and O–H groups in total. The minimum absolute atomic E-state index is 0.0721. The average Bonchev–Trinajstić information content (AvgIpc) is 2.44. The molecule has 0 radical (unpaired) electrons. The number of anilines is 2. The van der Waals surface area contributed by atoms with Crippen molar-refractivity contribution in [1.29, 1.82) is 0 Å². The lowest BCUT2D eigenvalue weighted by Crippen LogP contribution is -2.20. The highest BCUT2D eigenvalue weighted by molar-refractivity contribution is 7.85. The number of nitrogens with one attached hydrogen (secondary N) is 1. The number of carbonyl (C=O) groups is 1. The summed E-state index contributed by atoms with van der Waals surface area (Å²) in [5.41, 5.74) is 8.97. The Balaban J connectivity index is 2.03. The zero-order valence-corrected chi connectivity index (χ0v) is 12.9. The number of aryl methyl sites for hydroxylation is 1. The normalized spacial score (nSPS) is 11.9. The first-order chi connectivity index (χ1) is 9.97. The average molecular weight is 302 g/mol. The molecule has 0 heterocycles. The Kier molecular flexibility index (Phi) is 4.75. The SMILES string of the molecule is Cc1ccc(S(=O)CC(=O)Nc2cccc(N)c2C)cc1. The largest absolute Gasteiger partial charge is 0.398 e. The van der Waals surface area contributed by atoms with Crippen molar-refractivity contribution in [3.05, 3.63) is 53.6 Å². The number of hydrogen-bond donors (Lipinski definition) is 2. The summed E-state index contributed by atoms with van der Waals surface area (Å²) >= 11 is 0. The number of hydrogen-bond acceptors (Lipinski definition) is 3. The minimum atomic E-state index is -1.35. The molecule has 1 unspecified atom stereocenters. The Morgan fingerprint density at radius 1 is 1.14 bits per heavy atom. The fourth-order valence-electron chi connectivity index (χ4n) is 1.87. The quantitative estimate of drug-likeness (QED) is 0.853. The van der Waals surface area contributed by atoms with E-state index in [-0.39, 0.29) is 11.7 Å². The van der Waals surface area contributed by atoms with Gasteiger partial charge in [0.1, 0.15) is 5.75 Å². The Morgan fingerprint density at radius 3 is 2.48 bits per heavy atom. The second-order valence-corrected chi connectivity index (χ2v) is 6.32. The van der Waals surface area contributed by atoms with Gasteiger partial charge in [0.25, 0.3) is 0 Å². The summed E-state index contributed by atoms with van der Waals surface area (Å²) in [5.74, 6) is -0.361. The zero-order valence-electron chi connectivity index (χ0n) is 12.1. The van der Waals surface area contributed by atoms with Gasteiger partial charge in [-0.15, -0.1) is 0 Å². The van der Waals surface area contributed by atoms with Crippen LogP contribution in [0.4, 0.5) is 11.4 Å². The molecule has 0 aliphatic heterocycles. The minimum Gasteiger partial charge on any atom is -0.398 e. The van der Waals surface area contributed by atoms with E-state index in [9.17, 15) is 9.00 Å². The molecule has 0 aliphatic rings. The maximum Gasteiger partial charge on any atom is 0.237 e. The summed E-state index contributed by atoms with van der Waals surface area (Å²) < 4.78 is 12.1. The van der Waals surface area contributed by atoms with Crippen molar-refractivity contribution in [2.45, 2.75) is 18.7 Å². The van der Waals surface area contributed by atoms with E-state index in [1.54, 1.807) is 30.3 Å². The van der Waals surface area contributed by atoms with Gasteiger partial charge in [0.05, 0.1) is 10.8 Å². The highest BCUT2D eigenvalue weighted by Gasteiger charge is 2.12. The first kappa shape index (κ1) is 15.3. The van der Waals surface area contributed by atoms with Crippen molar-refractivity contribution in [1.82, 2.24) is 0 Å². The van der Waals surface area contributed by atoms with E-state index in [0.29, 0.717) is 16.3 Å². The van der Waals surface area contributed by atoms with Crippen LogP contribution in [0.15, 0.2) is 47.4 Å². The number of carbonyl (C=O) groups excluding carboxylic acids is 1. The van der Waals surface area contributed by atoms with Gasteiger partial charge in [0.15, 0.2) is 0 Å². The maximum absolute atomic E-state index is 12.1. The van der Waals surface area contributed by atoms with Crippen molar-refractivity contribution < 1.29 is 9.00 Å². The third-order valence-corrected chi connectivity index (χ3v) is 4.52. The van der Waals surface area contributed by atoms with Gasteiger partial charge < -0.3 is 11.1 Å². The highest BCUT2D eigenvalue weighted by atomic mass is 32.2. The van der Waals surface area contributed by atoms with Gasteiger partial charge in [0.2, 0.25) is 5.91 Å². The third kappa shape index (κ3) is 3.92. The van der Waals surface area contributed by atoms with Crippen molar-refractivity contribution in [3.63, 3.8) is 0 Å². The molecule has 110 valence electrons. The Labute approximate surface area is 126 Å². The van der Waals surface area contributed by atoms with Gasteiger partial charge in [0, 0.05) is 16.3 Å². The molecule has 0 aromatic heterocycles. The van der Waals surface area contributed by atoms with E-state index in [4.69, 9.17) is 5.73 Å². The molecule has 2 aromatic rings. The number of amides is 1. The Morgan fingerprint density at radius 2 is 1.81 bits per heavy atom. The summed E-state index contributed by atoms with van der Waals surface area (Å²) in [7, 11) is -1.35. The number of benzene rings is 2. The lowest BCUT2D eigenvalue weighted by molar-refractivity contribution is -0.113. The van der Waals surface area contributed by atoms with Gasteiger partial charge >= 0.3 is 0 Å². The maximum atomic E-state index is 12.1. The van der Waals surface area contributed by atoms with E-state index in [1.165, 1.54) is 0 Å². The zero-order chi connectivity index (χ0) is 15.4. The first-order valence-electron chi connectivity index (χ1n) is 6.57. The standard InChI is InChI=1S/C16H18N2O2S/c1-11-6-8-13(9-7-11)21(20)10-16(19)18-15-5-3-4-14(17)12(15)2/h3-9H,10,17H2,1-2H3,(H,18,19). The fourth-order valence-corrected chi connectivity index (χ4v) is 2.78.